The lowest BCUT2D eigenvalue weighted by molar-refractivity contribution is -0.129. The van der Waals surface area contributed by atoms with Gasteiger partial charge in [0.1, 0.15) is 17.2 Å². The molecule has 0 fully saturated rings. The summed E-state index contributed by atoms with van der Waals surface area (Å²) in [6.07, 6.45) is 36.8. The van der Waals surface area contributed by atoms with E-state index in [0.717, 1.165) is 25.7 Å². The number of rotatable bonds is 36. The zero-order chi connectivity index (χ0) is 38.5. The molecule has 0 unspecified atom stereocenters. The van der Waals surface area contributed by atoms with Gasteiger partial charge in [0.25, 0.3) is 0 Å². The van der Waals surface area contributed by atoms with Crippen LogP contribution in [0.25, 0.3) is 0 Å². The number of ether oxygens (including phenoxy) is 1. The fourth-order valence-corrected chi connectivity index (χ4v) is 6.79. The van der Waals surface area contributed by atoms with Gasteiger partial charge in [-0.25, -0.2) is 4.79 Å². The Morgan fingerprint density at radius 3 is 1.40 bits per heavy atom. The van der Waals surface area contributed by atoms with Crippen molar-refractivity contribution in [1.82, 2.24) is 10.6 Å². The van der Waals surface area contributed by atoms with E-state index in [-0.39, 0.29) is 17.6 Å². The van der Waals surface area contributed by atoms with E-state index in [2.05, 4.69) is 29.5 Å². The number of hydrogen-bond acceptors (Lipinski definition) is 5. The average molecular weight is 734 g/mol. The van der Waals surface area contributed by atoms with Crippen molar-refractivity contribution in [3.63, 3.8) is 0 Å². The van der Waals surface area contributed by atoms with Crippen LogP contribution in [0.5, 0.6) is 0 Å². The molecule has 0 saturated carbocycles. The number of hydrogen-bond donors (Lipinski definition) is 2. The summed E-state index contributed by atoms with van der Waals surface area (Å²) in [6, 6.07) is 0. The topological polar surface area (TPSA) is 96.9 Å². The molecule has 7 nitrogen and oxygen atoms in total. The van der Waals surface area contributed by atoms with Crippen molar-refractivity contribution < 1.29 is 19.1 Å². The lowest BCUT2D eigenvalue weighted by atomic mass is 9.93. The van der Waals surface area contributed by atoms with Crippen molar-refractivity contribution in [2.45, 2.75) is 246 Å². The van der Waals surface area contributed by atoms with E-state index in [0.29, 0.717) is 44.6 Å². The van der Waals surface area contributed by atoms with Gasteiger partial charge in [-0.3, -0.25) is 19.9 Å². The lowest BCUT2D eigenvalue weighted by Gasteiger charge is -2.19. The van der Waals surface area contributed by atoms with E-state index < -0.39 is 11.7 Å². The number of nitrogens with zero attached hydrogens (tertiary/aromatic N) is 1. The normalized spacial score (nSPS) is 12.5. The number of carbonyl (C=O) groups excluding carboxylic acids is 3. The van der Waals surface area contributed by atoms with Crippen LogP contribution in [0, 0.1) is 5.92 Å². The van der Waals surface area contributed by atoms with E-state index in [9.17, 15) is 14.4 Å². The molecule has 52 heavy (non-hydrogen) atoms. The quantitative estimate of drug-likeness (QED) is 0.0380. The summed E-state index contributed by atoms with van der Waals surface area (Å²) in [4.78, 5) is 42.7. The van der Waals surface area contributed by atoms with Crippen molar-refractivity contribution in [2.24, 2.45) is 10.9 Å². The second-order valence-corrected chi connectivity index (χ2v) is 16.6. The fourth-order valence-electron chi connectivity index (χ4n) is 6.79. The molecule has 0 aromatic carbocycles. The third-order valence-corrected chi connectivity index (χ3v) is 9.98. The van der Waals surface area contributed by atoms with E-state index >= 15 is 0 Å². The van der Waals surface area contributed by atoms with Crippen molar-refractivity contribution in [2.75, 3.05) is 13.1 Å². The number of unbranched alkanes of at least 4 members (excludes halogenated alkanes) is 25. The molecule has 0 aliphatic carbocycles. The van der Waals surface area contributed by atoms with Gasteiger partial charge in [-0.2, -0.15) is 0 Å². The molecule has 7 heteroatoms. The number of amides is 2. The van der Waals surface area contributed by atoms with Gasteiger partial charge in [0.05, 0.1) is 0 Å². The van der Waals surface area contributed by atoms with E-state index in [1.165, 1.54) is 148 Å². The molecular weight excluding hydrogens is 647 g/mol. The fraction of sp³-hybridized carbons (Fsp3) is 0.911. The van der Waals surface area contributed by atoms with Crippen molar-refractivity contribution in [1.29, 1.82) is 0 Å². The second kappa shape index (κ2) is 36.1. The van der Waals surface area contributed by atoms with Gasteiger partial charge < -0.3 is 10.1 Å². The maximum Gasteiger partial charge on any atom is 0.413 e. The van der Waals surface area contributed by atoms with Crippen LogP contribution in [0.1, 0.15) is 241 Å². The third-order valence-electron chi connectivity index (χ3n) is 9.98. The molecule has 0 saturated heterocycles. The molecule has 0 spiro atoms. The van der Waals surface area contributed by atoms with E-state index in [1.54, 1.807) is 6.92 Å². The summed E-state index contributed by atoms with van der Waals surface area (Å²) in [5.74, 6) is 0.368. The minimum absolute atomic E-state index is 0.000681. The van der Waals surface area contributed by atoms with Crippen LogP contribution in [0.15, 0.2) is 4.99 Å². The van der Waals surface area contributed by atoms with Gasteiger partial charge >= 0.3 is 6.09 Å². The largest absolute Gasteiger partial charge is 0.444 e. The highest BCUT2D eigenvalue weighted by atomic mass is 16.6. The summed E-state index contributed by atoms with van der Waals surface area (Å²) >= 11 is 0. The Balaban J connectivity index is 4.37. The predicted octanol–water partition coefficient (Wildman–Crippen LogP) is 13.4. The Hall–Kier alpha value is -1.92. The minimum atomic E-state index is -0.572. The van der Waals surface area contributed by atoms with E-state index in [4.69, 9.17) is 4.74 Å². The molecule has 0 radical (unpaired) electrons. The number of ketones is 1. The van der Waals surface area contributed by atoms with Crippen LogP contribution in [0.3, 0.4) is 0 Å². The number of aliphatic imine (C=N–C) groups is 1. The van der Waals surface area contributed by atoms with Crippen LogP contribution in [0.2, 0.25) is 0 Å². The standard InChI is InChI=1S/C45H87N3O4/c1-7-9-11-13-15-17-19-20-21-22-23-24-25-26-28-30-32-36-42(49)39-41(35-34-38-46-40(3)48-44(51)52-45(4,5)6)43(50)47-37-33-31-29-27-18-16-14-12-10-8-2/h41H,7-39H2,1-6H3,(H,47,50)(H,46,48,51)/t41-/m1/s1. The highest BCUT2D eigenvalue weighted by Gasteiger charge is 2.21. The predicted molar refractivity (Wildman–Crippen MR) is 223 cm³/mol. The maximum absolute atomic E-state index is 13.2. The molecule has 2 amide bonds. The second-order valence-electron chi connectivity index (χ2n) is 16.6. The number of carbonyl (C=O) groups is 3. The number of nitrogens with one attached hydrogen (secondary N) is 2. The zero-order valence-corrected chi connectivity index (χ0v) is 35.5. The first-order valence-corrected chi connectivity index (χ1v) is 22.4. The van der Waals surface area contributed by atoms with Gasteiger partial charge in [0.2, 0.25) is 5.91 Å². The molecule has 0 aliphatic heterocycles. The SMILES string of the molecule is CCCCCCCCCCCCCCCCCCCC(=O)C[C@@H](CCCN=C(C)NC(=O)OC(C)(C)C)C(=O)NCCCCCCCCCCCC. The lowest BCUT2D eigenvalue weighted by Crippen LogP contribution is -2.35. The number of amidine groups is 1. The van der Waals surface area contributed by atoms with Gasteiger partial charge in [-0.1, -0.05) is 174 Å². The number of Topliss-reactive ketones (excluding diaryl/α,β-unsaturated/α-hetero) is 1. The summed E-state index contributed by atoms with van der Waals surface area (Å²) in [5.41, 5.74) is -0.572. The van der Waals surface area contributed by atoms with Crippen LogP contribution in [-0.4, -0.2) is 42.3 Å². The van der Waals surface area contributed by atoms with Crippen molar-refractivity contribution >= 4 is 23.6 Å². The smallest absolute Gasteiger partial charge is 0.413 e. The molecule has 0 aromatic heterocycles. The Bertz CT molecular complexity index is 882. The molecule has 306 valence electrons. The third kappa shape index (κ3) is 36.4. The van der Waals surface area contributed by atoms with Crippen LogP contribution in [0.4, 0.5) is 4.79 Å². The average Bonchev–Trinajstić information content (AvgIpc) is 3.08. The maximum atomic E-state index is 13.2. The summed E-state index contributed by atoms with van der Waals surface area (Å²) in [6.45, 7) is 12.9. The molecule has 2 N–H and O–H groups in total. The Morgan fingerprint density at radius 2 is 0.981 bits per heavy atom. The highest BCUT2D eigenvalue weighted by molar-refractivity contribution is 5.93. The highest BCUT2D eigenvalue weighted by Crippen LogP contribution is 2.18. The Morgan fingerprint density at radius 1 is 0.577 bits per heavy atom. The molecule has 0 bridgehead atoms. The van der Waals surface area contributed by atoms with Gasteiger partial charge in [-0.15, -0.1) is 0 Å². The molecule has 1 atom stereocenters. The van der Waals surface area contributed by atoms with Gasteiger partial charge in [0.15, 0.2) is 0 Å². The van der Waals surface area contributed by atoms with Crippen LogP contribution >= 0.6 is 0 Å². The van der Waals surface area contributed by atoms with Crippen molar-refractivity contribution in [3.8, 4) is 0 Å². The van der Waals surface area contributed by atoms with Crippen LogP contribution < -0.4 is 10.6 Å². The monoisotopic (exact) mass is 734 g/mol. The first-order valence-electron chi connectivity index (χ1n) is 22.4. The molecule has 0 rings (SSSR count). The summed E-state index contributed by atoms with van der Waals surface area (Å²) < 4.78 is 5.30. The van der Waals surface area contributed by atoms with Gasteiger partial charge in [-0.05, 0) is 53.4 Å². The van der Waals surface area contributed by atoms with E-state index in [1.807, 2.05) is 20.8 Å². The van der Waals surface area contributed by atoms with Gasteiger partial charge in [0, 0.05) is 31.8 Å². The molecular formula is C45H87N3O4. The number of alkyl carbamates (subject to hydrolysis) is 1. The first kappa shape index (κ1) is 50.1. The van der Waals surface area contributed by atoms with Crippen molar-refractivity contribution in [3.05, 3.63) is 0 Å². The Labute approximate surface area is 322 Å². The summed E-state index contributed by atoms with van der Waals surface area (Å²) in [7, 11) is 0. The first-order chi connectivity index (χ1) is 25.1. The van der Waals surface area contributed by atoms with Crippen LogP contribution in [-0.2, 0) is 14.3 Å². The molecule has 0 aromatic rings. The molecule has 0 aliphatic rings. The minimum Gasteiger partial charge on any atom is -0.444 e. The summed E-state index contributed by atoms with van der Waals surface area (Å²) in [5, 5.41) is 5.80. The Kier molecular flexibility index (Phi) is 34.7. The zero-order valence-electron chi connectivity index (χ0n) is 35.5. The molecule has 0 heterocycles.